The van der Waals surface area contributed by atoms with Crippen LogP contribution in [0.3, 0.4) is 0 Å². The Balaban J connectivity index is 3.39. The molecule has 0 aliphatic carbocycles. The Morgan fingerprint density at radius 3 is 2.54 bits per heavy atom. The van der Waals surface area contributed by atoms with Crippen LogP contribution < -0.4 is 0 Å². The van der Waals surface area contributed by atoms with Gasteiger partial charge in [-0.1, -0.05) is 18.5 Å². The summed E-state index contributed by atoms with van der Waals surface area (Å²) in [6, 6.07) is 4.27. The monoisotopic (exact) mass is 220 g/mol. The molecule has 0 amide bonds. The highest BCUT2D eigenvalue weighted by Crippen LogP contribution is 2.20. The fourth-order valence-electron chi connectivity index (χ4n) is 1.08. The number of halogens is 1. The van der Waals surface area contributed by atoms with E-state index in [1.165, 1.54) is 18.2 Å². The van der Waals surface area contributed by atoms with Crippen LogP contribution >= 0.6 is 11.6 Å². The van der Waals surface area contributed by atoms with Gasteiger partial charge in [0.1, 0.15) is 0 Å². The van der Waals surface area contributed by atoms with Crippen molar-refractivity contribution in [2.24, 2.45) is 0 Å². The summed E-state index contributed by atoms with van der Waals surface area (Å²) in [6.07, 6.45) is 0.510. The minimum absolute atomic E-state index is 0.0700. The average Bonchev–Trinajstić information content (AvgIpc) is 2.01. The molecule has 1 N–H and O–H groups in total. The maximum Gasteiger partial charge on any atom is 0.294 e. The highest BCUT2D eigenvalue weighted by Gasteiger charge is 2.13. The van der Waals surface area contributed by atoms with Gasteiger partial charge in [0.2, 0.25) is 0 Å². The first-order valence-corrected chi connectivity index (χ1v) is 5.53. The Labute approximate surface area is 82.1 Å². The van der Waals surface area contributed by atoms with Gasteiger partial charge in [-0.05, 0) is 30.2 Å². The van der Waals surface area contributed by atoms with Gasteiger partial charge < -0.3 is 0 Å². The molecule has 0 fully saturated rings. The molecule has 0 aromatic heterocycles. The van der Waals surface area contributed by atoms with E-state index in [9.17, 15) is 8.42 Å². The van der Waals surface area contributed by atoms with E-state index in [0.717, 1.165) is 0 Å². The normalized spacial score (nSPS) is 11.6. The van der Waals surface area contributed by atoms with Crippen molar-refractivity contribution in [3.8, 4) is 0 Å². The second-order valence-corrected chi connectivity index (χ2v) is 4.41. The van der Waals surface area contributed by atoms with Gasteiger partial charge in [-0.15, -0.1) is 0 Å². The van der Waals surface area contributed by atoms with E-state index >= 15 is 0 Å². The summed E-state index contributed by atoms with van der Waals surface area (Å²) in [4.78, 5) is -0.0700. The fourth-order valence-corrected chi connectivity index (χ4v) is 2.05. The molecule has 0 unspecified atom stereocenters. The summed E-state index contributed by atoms with van der Waals surface area (Å²) in [7, 11) is -4.12. The quantitative estimate of drug-likeness (QED) is 0.777. The van der Waals surface area contributed by atoms with Gasteiger partial charge in [-0.2, -0.15) is 8.42 Å². The van der Waals surface area contributed by atoms with E-state index in [1.54, 1.807) is 6.92 Å². The topological polar surface area (TPSA) is 54.4 Å². The molecule has 1 aromatic carbocycles. The van der Waals surface area contributed by atoms with Crippen molar-refractivity contribution >= 4 is 21.7 Å². The Morgan fingerprint density at radius 2 is 2.08 bits per heavy atom. The molecule has 0 bridgehead atoms. The molecule has 0 heterocycles. The van der Waals surface area contributed by atoms with E-state index in [-0.39, 0.29) is 4.90 Å². The van der Waals surface area contributed by atoms with E-state index in [0.29, 0.717) is 17.0 Å². The zero-order valence-corrected chi connectivity index (χ0v) is 8.56. The fraction of sp³-hybridized carbons (Fsp3) is 0.250. The van der Waals surface area contributed by atoms with Gasteiger partial charge in [0.25, 0.3) is 10.1 Å². The molecular weight excluding hydrogens is 212 g/mol. The van der Waals surface area contributed by atoms with Gasteiger partial charge in [0, 0.05) is 5.02 Å². The van der Waals surface area contributed by atoms with Crippen molar-refractivity contribution in [3.63, 3.8) is 0 Å². The minimum Gasteiger partial charge on any atom is -0.282 e. The van der Waals surface area contributed by atoms with Gasteiger partial charge in [0.15, 0.2) is 0 Å². The SMILES string of the molecule is CCc1cc(Cl)ccc1S(=O)(=O)O. The summed E-state index contributed by atoms with van der Waals surface area (Å²) < 4.78 is 30.5. The second kappa shape index (κ2) is 3.65. The molecule has 0 spiro atoms. The molecule has 0 radical (unpaired) electrons. The van der Waals surface area contributed by atoms with Gasteiger partial charge in [-0.25, -0.2) is 0 Å². The van der Waals surface area contributed by atoms with Gasteiger partial charge in [0.05, 0.1) is 4.90 Å². The summed E-state index contributed by atoms with van der Waals surface area (Å²) in [6.45, 7) is 1.79. The molecule has 3 nitrogen and oxygen atoms in total. The highest BCUT2D eigenvalue weighted by atomic mass is 35.5. The van der Waals surface area contributed by atoms with Crippen molar-refractivity contribution in [1.29, 1.82) is 0 Å². The zero-order chi connectivity index (χ0) is 10.1. The van der Waals surface area contributed by atoms with Crippen molar-refractivity contribution in [3.05, 3.63) is 28.8 Å². The predicted octanol–water partition coefficient (Wildman–Crippen LogP) is 2.15. The predicted molar refractivity (Wildman–Crippen MR) is 50.6 cm³/mol. The maximum atomic E-state index is 10.8. The van der Waals surface area contributed by atoms with Crippen LogP contribution in [-0.4, -0.2) is 13.0 Å². The second-order valence-electron chi connectivity index (χ2n) is 2.58. The molecule has 0 atom stereocenters. The Morgan fingerprint density at radius 1 is 1.46 bits per heavy atom. The minimum atomic E-state index is -4.12. The van der Waals surface area contributed by atoms with Gasteiger partial charge >= 0.3 is 0 Å². The molecule has 13 heavy (non-hydrogen) atoms. The number of benzene rings is 1. The van der Waals surface area contributed by atoms with Crippen molar-refractivity contribution < 1.29 is 13.0 Å². The smallest absolute Gasteiger partial charge is 0.282 e. The lowest BCUT2D eigenvalue weighted by atomic mass is 10.2. The first kappa shape index (κ1) is 10.5. The standard InChI is InChI=1S/C8H9ClO3S/c1-2-6-5-7(9)3-4-8(6)13(10,11)12/h3-5H,2H2,1H3,(H,10,11,12). The van der Waals surface area contributed by atoms with Crippen LogP contribution in [0.1, 0.15) is 12.5 Å². The summed E-state index contributed by atoms with van der Waals surface area (Å²) in [5.74, 6) is 0. The third-order valence-corrected chi connectivity index (χ3v) is 2.87. The molecule has 0 saturated heterocycles. The van der Waals surface area contributed by atoms with Crippen LogP contribution in [0.2, 0.25) is 5.02 Å². The Bertz CT molecular complexity index is 411. The van der Waals surface area contributed by atoms with Gasteiger partial charge in [-0.3, -0.25) is 4.55 Å². The lowest BCUT2D eigenvalue weighted by molar-refractivity contribution is 0.482. The van der Waals surface area contributed by atoms with Crippen LogP contribution in [0.5, 0.6) is 0 Å². The molecule has 5 heteroatoms. The third kappa shape index (κ3) is 2.43. The molecule has 0 aliphatic heterocycles. The van der Waals surface area contributed by atoms with E-state index < -0.39 is 10.1 Å². The largest absolute Gasteiger partial charge is 0.294 e. The first-order valence-electron chi connectivity index (χ1n) is 3.71. The molecule has 1 aromatic rings. The molecule has 1 rings (SSSR count). The number of aryl methyl sites for hydroxylation is 1. The van der Waals surface area contributed by atoms with E-state index in [1.807, 2.05) is 0 Å². The number of rotatable bonds is 2. The van der Waals surface area contributed by atoms with Crippen LogP contribution in [0.4, 0.5) is 0 Å². The molecular formula is C8H9ClO3S. The number of hydrogen-bond acceptors (Lipinski definition) is 2. The van der Waals surface area contributed by atoms with Crippen molar-refractivity contribution in [2.45, 2.75) is 18.2 Å². The van der Waals surface area contributed by atoms with Crippen LogP contribution in [-0.2, 0) is 16.5 Å². The van der Waals surface area contributed by atoms with Crippen LogP contribution in [0, 0.1) is 0 Å². The van der Waals surface area contributed by atoms with Crippen molar-refractivity contribution in [2.75, 3.05) is 0 Å². The Hall–Kier alpha value is -0.580. The van der Waals surface area contributed by atoms with E-state index in [4.69, 9.17) is 16.2 Å². The maximum absolute atomic E-state index is 10.8. The average molecular weight is 221 g/mol. The Kier molecular flexibility index (Phi) is 2.95. The first-order chi connectivity index (χ1) is 5.95. The molecule has 0 aliphatic rings. The van der Waals surface area contributed by atoms with E-state index in [2.05, 4.69) is 0 Å². The lowest BCUT2D eigenvalue weighted by Crippen LogP contribution is -2.02. The van der Waals surface area contributed by atoms with Crippen LogP contribution in [0.15, 0.2) is 23.1 Å². The number of hydrogen-bond donors (Lipinski definition) is 1. The third-order valence-electron chi connectivity index (χ3n) is 1.68. The summed E-state index contributed by atoms with van der Waals surface area (Å²) in [5, 5.41) is 0.462. The van der Waals surface area contributed by atoms with Crippen LogP contribution in [0.25, 0.3) is 0 Å². The lowest BCUT2D eigenvalue weighted by Gasteiger charge is -2.04. The zero-order valence-electron chi connectivity index (χ0n) is 6.99. The highest BCUT2D eigenvalue weighted by molar-refractivity contribution is 7.85. The van der Waals surface area contributed by atoms with Crippen molar-refractivity contribution in [1.82, 2.24) is 0 Å². The molecule has 0 saturated carbocycles. The summed E-state index contributed by atoms with van der Waals surface area (Å²) >= 11 is 5.67. The molecule has 72 valence electrons. The summed E-state index contributed by atoms with van der Waals surface area (Å²) in [5.41, 5.74) is 0.523.